The summed E-state index contributed by atoms with van der Waals surface area (Å²) in [5, 5.41) is 10.4. The van der Waals surface area contributed by atoms with E-state index in [0.29, 0.717) is 5.56 Å². The van der Waals surface area contributed by atoms with Gasteiger partial charge in [-0.1, -0.05) is 24.3 Å². The summed E-state index contributed by atoms with van der Waals surface area (Å²) in [6.07, 6.45) is 1.55. The van der Waals surface area contributed by atoms with Crippen LogP contribution in [0.3, 0.4) is 0 Å². The molecule has 0 aromatic heterocycles. The van der Waals surface area contributed by atoms with Crippen LogP contribution in [-0.4, -0.2) is 29.4 Å². The number of non-ortho nitro benzene ring substituents is 1. The Balaban J connectivity index is 1.45. The molecule has 0 radical (unpaired) electrons. The molecule has 0 N–H and O–H groups in total. The van der Waals surface area contributed by atoms with Gasteiger partial charge < -0.3 is 4.18 Å². The molecule has 1 aliphatic rings. The van der Waals surface area contributed by atoms with E-state index in [2.05, 4.69) is 22.6 Å². The molecular formula is C23H15IN2O7S2. The minimum absolute atomic E-state index is 0.0207. The lowest BCUT2D eigenvalue weighted by Crippen LogP contribution is -2.27. The van der Waals surface area contributed by atoms with Gasteiger partial charge in [-0.2, -0.15) is 8.42 Å². The van der Waals surface area contributed by atoms with Crippen molar-refractivity contribution in [3.8, 4) is 5.75 Å². The van der Waals surface area contributed by atoms with E-state index in [1.807, 2.05) is 24.3 Å². The average molecular weight is 622 g/mol. The Bertz CT molecular complexity index is 1440. The summed E-state index contributed by atoms with van der Waals surface area (Å²) < 4.78 is 31.0. The largest absolute Gasteiger partial charge is 0.379 e. The Hall–Kier alpha value is -3.23. The number of rotatable bonds is 7. The third-order valence-electron chi connectivity index (χ3n) is 4.85. The number of nitro benzene ring substituents is 1. The Morgan fingerprint density at radius 1 is 0.971 bits per heavy atom. The highest BCUT2D eigenvalue weighted by molar-refractivity contribution is 14.1. The van der Waals surface area contributed by atoms with Crippen LogP contribution < -0.4 is 4.18 Å². The van der Waals surface area contributed by atoms with Crippen molar-refractivity contribution in [2.24, 2.45) is 0 Å². The second-order valence-electron chi connectivity index (χ2n) is 7.25. The smallest absolute Gasteiger partial charge is 0.339 e. The fourth-order valence-corrected chi connectivity index (χ4v) is 5.22. The number of imide groups is 1. The van der Waals surface area contributed by atoms with Gasteiger partial charge in [0.15, 0.2) is 0 Å². The van der Waals surface area contributed by atoms with Crippen molar-refractivity contribution in [2.75, 3.05) is 0 Å². The van der Waals surface area contributed by atoms with Crippen LogP contribution in [0.4, 0.5) is 10.5 Å². The SMILES string of the molecule is O=C1S/C(=C\c2ccc(OS(=O)(=O)c3ccc([N+](=O)[O-])cc3)cc2)C(=O)N1Cc1ccc(I)cc1. The molecule has 1 heterocycles. The maximum absolute atomic E-state index is 12.7. The van der Waals surface area contributed by atoms with Gasteiger partial charge in [-0.15, -0.1) is 0 Å². The molecule has 0 saturated carbocycles. The summed E-state index contributed by atoms with van der Waals surface area (Å²) in [5.74, 6) is -0.382. The number of halogens is 1. The Morgan fingerprint density at radius 3 is 2.20 bits per heavy atom. The van der Waals surface area contributed by atoms with Gasteiger partial charge in [0.2, 0.25) is 0 Å². The molecule has 0 atom stereocenters. The normalized spacial score (nSPS) is 15.0. The van der Waals surface area contributed by atoms with E-state index in [0.717, 1.165) is 45.2 Å². The highest BCUT2D eigenvalue weighted by Crippen LogP contribution is 2.33. The first-order valence-electron chi connectivity index (χ1n) is 9.91. The van der Waals surface area contributed by atoms with Gasteiger partial charge in [0, 0.05) is 15.7 Å². The molecule has 3 aromatic rings. The molecule has 1 aliphatic heterocycles. The van der Waals surface area contributed by atoms with Crippen molar-refractivity contribution >= 4 is 67.4 Å². The van der Waals surface area contributed by atoms with Gasteiger partial charge in [-0.3, -0.25) is 24.6 Å². The lowest BCUT2D eigenvalue weighted by Gasteiger charge is -2.12. The average Bonchev–Trinajstić information content (AvgIpc) is 3.09. The summed E-state index contributed by atoms with van der Waals surface area (Å²) in [6, 6.07) is 17.8. The van der Waals surface area contributed by atoms with Crippen molar-refractivity contribution in [3.63, 3.8) is 0 Å². The predicted molar refractivity (Wildman–Crippen MR) is 138 cm³/mol. The maximum atomic E-state index is 12.7. The lowest BCUT2D eigenvalue weighted by atomic mass is 10.2. The fraction of sp³-hybridized carbons (Fsp3) is 0.0435. The maximum Gasteiger partial charge on any atom is 0.339 e. The summed E-state index contributed by atoms with van der Waals surface area (Å²) in [5.41, 5.74) is 1.17. The number of thioether (sulfide) groups is 1. The van der Waals surface area contributed by atoms with E-state index >= 15 is 0 Å². The molecule has 1 fully saturated rings. The monoisotopic (exact) mass is 622 g/mol. The summed E-state index contributed by atoms with van der Waals surface area (Å²) in [7, 11) is -4.19. The molecule has 178 valence electrons. The zero-order valence-electron chi connectivity index (χ0n) is 17.7. The number of carbonyl (C=O) groups excluding carboxylic acids is 2. The third-order valence-corrected chi connectivity index (χ3v) is 7.74. The van der Waals surface area contributed by atoms with Gasteiger partial charge in [0.05, 0.1) is 16.4 Å². The third kappa shape index (κ3) is 5.89. The van der Waals surface area contributed by atoms with Crippen LogP contribution in [0.25, 0.3) is 6.08 Å². The van der Waals surface area contributed by atoms with E-state index in [1.54, 1.807) is 18.2 Å². The summed E-state index contributed by atoms with van der Waals surface area (Å²) in [6.45, 7) is 0.173. The second kappa shape index (κ2) is 10.2. The molecule has 2 amide bonds. The number of nitrogens with zero attached hydrogens (tertiary/aromatic N) is 2. The zero-order chi connectivity index (χ0) is 25.2. The first-order chi connectivity index (χ1) is 16.6. The van der Waals surface area contributed by atoms with Crippen molar-refractivity contribution in [1.82, 2.24) is 4.90 Å². The van der Waals surface area contributed by atoms with E-state index in [1.165, 1.54) is 17.0 Å². The van der Waals surface area contributed by atoms with Crippen molar-refractivity contribution in [1.29, 1.82) is 0 Å². The molecular weight excluding hydrogens is 607 g/mol. The molecule has 0 aliphatic carbocycles. The topological polar surface area (TPSA) is 124 Å². The first kappa shape index (κ1) is 24.9. The minimum Gasteiger partial charge on any atom is -0.379 e. The number of nitro groups is 1. The minimum atomic E-state index is -4.19. The van der Waals surface area contributed by atoms with Crippen molar-refractivity contribution in [2.45, 2.75) is 11.4 Å². The van der Waals surface area contributed by atoms with E-state index < -0.39 is 20.9 Å². The van der Waals surface area contributed by atoms with E-state index in [9.17, 15) is 28.1 Å². The van der Waals surface area contributed by atoms with Crippen LogP contribution in [0.1, 0.15) is 11.1 Å². The zero-order valence-corrected chi connectivity index (χ0v) is 21.4. The predicted octanol–water partition coefficient (Wildman–Crippen LogP) is 5.20. The van der Waals surface area contributed by atoms with Gasteiger partial charge in [-0.05, 0) is 88.0 Å². The Labute approximate surface area is 218 Å². The van der Waals surface area contributed by atoms with Gasteiger partial charge in [-0.25, -0.2) is 0 Å². The fourth-order valence-electron chi connectivity index (χ4n) is 3.09. The van der Waals surface area contributed by atoms with Gasteiger partial charge >= 0.3 is 10.1 Å². The number of hydrogen-bond acceptors (Lipinski definition) is 8. The highest BCUT2D eigenvalue weighted by Gasteiger charge is 2.35. The van der Waals surface area contributed by atoms with Crippen LogP contribution in [0, 0.1) is 13.7 Å². The Morgan fingerprint density at radius 2 is 1.60 bits per heavy atom. The van der Waals surface area contributed by atoms with Crippen molar-refractivity contribution < 1.29 is 27.1 Å². The van der Waals surface area contributed by atoms with E-state index in [-0.39, 0.29) is 33.0 Å². The van der Waals surface area contributed by atoms with E-state index in [4.69, 9.17) is 4.18 Å². The highest BCUT2D eigenvalue weighted by atomic mass is 127. The van der Waals surface area contributed by atoms with Gasteiger partial charge in [0.1, 0.15) is 10.6 Å². The van der Waals surface area contributed by atoms with Crippen LogP contribution in [0.5, 0.6) is 5.75 Å². The summed E-state index contributed by atoms with van der Waals surface area (Å²) in [4.78, 5) is 36.4. The number of amides is 2. The molecule has 0 bridgehead atoms. The standard InChI is InChI=1S/C23H15IN2O7S2/c24-17-5-1-16(2-6-17)14-25-22(27)21(34-23(25)28)13-15-3-9-19(10-4-15)33-35(31,32)20-11-7-18(8-12-20)26(29)30/h1-13H,14H2/b21-13-. The van der Waals surface area contributed by atoms with Crippen LogP contribution in [0.2, 0.25) is 0 Å². The molecule has 3 aromatic carbocycles. The molecule has 0 unspecified atom stereocenters. The molecule has 9 nitrogen and oxygen atoms in total. The molecule has 4 rings (SSSR count). The second-order valence-corrected chi connectivity index (χ2v) is 11.0. The van der Waals surface area contributed by atoms with Crippen LogP contribution in [0.15, 0.2) is 82.6 Å². The molecule has 12 heteroatoms. The molecule has 1 saturated heterocycles. The Kier molecular flexibility index (Phi) is 7.23. The molecule has 35 heavy (non-hydrogen) atoms. The number of hydrogen-bond donors (Lipinski definition) is 0. The summed E-state index contributed by atoms with van der Waals surface area (Å²) >= 11 is 3.01. The van der Waals surface area contributed by atoms with Crippen LogP contribution in [-0.2, 0) is 21.5 Å². The first-order valence-corrected chi connectivity index (χ1v) is 13.2. The number of carbonyl (C=O) groups is 2. The van der Waals surface area contributed by atoms with Crippen molar-refractivity contribution in [3.05, 3.63) is 103 Å². The lowest BCUT2D eigenvalue weighted by molar-refractivity contribution is -0.384. The number of benzene rings is 3. The molecule has 0 spiro atoms. The van der Waals surface area contributed by atoms with Crippen LogP contribution >= 0.6 is 34.4 Å². The van der Waals surface area contributed by atoms with Gasteiger partial charge in [0.25, 0.3) is 16.8 Å². The quantitative estimate of drug-likeness (QED) is 0.116.